The number of hydrogen-bond donors (Lipinski definition) is 0. The molecule has 0 saturated heterocycles. The lowest BCUT2D eigenvalue weighted by atomic mass is 10.2. The van der Waals surface area contributed by atoms with Crippen LogP contribution < -0.4 is 0 Å². The molecule has 2 rings (SSSR count). The number of hydrogen-bond acceptors (Lipinski definition) is 2. The van der Waals surface area contributed by atoms with Gasteiger partial charge < -0.3 is 0 Å². The Hall–Kier alpha value is -2.06. The van der Waals surface area contributed by atoms with E-state index in [1.54, 1.807) is 0 Å². The molecule has 0 fully saturated rings. The fourth-order valence-electron chi connectivity index (χ4n) is 2.74. The Morgan fingerprint density at radius 1 is 0.667 bits per heavy atom. The van der Waals surface area contributed by atoms with Crippen LogP contribution in [0.5, 0.6) is 0 Å². The first-order valence-corrected chi connectivity index (χ1v) is 16.9. The molecule has 0 saturated carbocycles. The van der Waals surface area contributed by atoms with Crippen molar-refractivity contribution >= 4 is 26.0 Å². The summed E-state index contributed by atoms with van der Waals surface area (Å²) in [6.45, 7) is 8.35. The molecule has 0 radical (unpaired) electrons. The van der Waals surface area contributed by atoms with Crippen molar-refractivity contribution in [3.63, 3.8) is 0 Å². The highest BCUT2D eigenvalue weighted by Gasteiger charge is 2.21. The van der Waals surface area contributed by atoms with Crippen molar-refractivity contribution in [3.8, 4) is 21.6 Å². The zero-order valence-corrected chi connectivity index (χ0v) is 19.2. The minimum atomic E-state index is -3.69. The van der Waals surface area contributed by atoms with Crippen LogP contribution in [0.3, 0.4) is 0 Å². The summed E-state index contributed by atoms with van der Waals surface area (Å²) in [7, 11) is -7.66. The smallest absolute Gasteiger partial charge is 0.202 e. The van der Waals surface area contributed by atoms with Crippen molar-refractivity contribution in [2.45, 2.75) is 38.3 Å². The van der Waals surface area contributed by atoms with Crippen LogP contribution in [-0.2, 0) is 21.9 Å². The summed E-state index contributed by atoms with van der Waals surface area (Å²) in [5.41, 5.74) is 8.49. The van der Waals surface area contributed by atoms with Gasteiger partial charge in [0, 0.05) is 10.5 Å². The second kappa shape index (κ2) is 8.75. The molecular formula is C22H26O2SSi2. The monoisotopic (exact) mass is 410 g/mol. The van der Waals surface area contributed by atoms with Crippen LogP contribution in [0.2, 0.25) is 26.2 Å². The van der Waals surface area contributed by atoms with Crippen LogP contribution in [-0.4, -0.2) is 24.6 Å². The molecule has 140 valence electrons. The third-order valence-corrected chi connectivity index (χ3v) is 9.32. The van der Waals surface area contributed by atoms with Gasteiger partial charge in [-0.15, -0.1) is 11.1 Å². The maximum Gasteiger partial charge on any atom is 0.283 e. The van der Waals surface area contributed by atoms with Crippen molar-refractivity contribution in [1.82, 2.24) is 0 Å². The average Bonchev–Trinajstić information content (AvgIpc) is 2.60. The summed E-state index contributed by atoms with van der Waals surface area (Å²) in [6, 6.07) is 21.8. The number of rotatable bonds is 4. The molecule has 2 nitrogen and oxygen atoms in total. The van der Waals surface area contributed by atoms with E-state index in [4.69, 9.17) is 0 Å². The van der Waals surface area contributed by atoms with Gasteiger partial charge >= 0.3 is 0 Å². The summed E-state index contributed by atoms with van der Waals surface area (Å²) >= 11 is 0. The van der Waals surface area contributed by atoms with Crippen LogP contribution in [0.4, 0.5) is 0 Å². The molecule has 0 aliphatic carbocycles. The Kier molecular flexibility index (Phi) is 6.89. The van der Waals surface area contributed by atoms with Crippen molar-refractivity contribution in [2.24, 2.45) is 0 Å². The van der Waals surface area contributed by atoms with E-state index in [-0.39, 0.29) is 0 Å². The quantitative estimate of drug-likeness (QED) is 0.554. The van der Waals surface area contributed by atoms with E-state index in [1.165, 1.54) is 11.1 Å². The Balaban J connectivity index is 2.11. The Morgan fingerprint density at radius 2 is 1.00 bits per heavy atom. The predicted octanol–water partition coefficient (Wildman–Crippen LogP) is 4.38. The van der Waals surface area contributed by atoms with Gasteiger partial charge in [0.05, 0.1) is 0 Å². The molecule has 0 aliphatic heterocycles. The largest absolute Gasteiger partial charge is 0.283 e. The molecule has 0 spiro atoms. The van der Waals surface area contributed by atoms with Gasteiger partial charge in [-0.25, -0.2) is 8.42 Å². The van der Waals surface area contributed by atoms with Gasteiger partial charge in [0.15, 0.2) is 0 Å². The van der Waals surface area contributed by atoms with E-state index in [2.05, 4.69) is 72.0 Å². The normalized spacial score (nSPS) is 11.7. The number of sulfone groups is 1. The Morgan fingerprint density at radius 3 is 1.33 bits per heavy atom. The maximum absolute atomic E-state index is 12.3. The van der Waals surface area contributed by atoms with Gasteiger partial charge in [0.1, 0.15) is 16.1 Å². The highest BCUT2D eigenvalue weighted by molar-refractivity contribution is 8.00. The molecule has 0 amide bonds. The van der Waals surface area contributed by atoms with E-state index >= 15 is 0 Å². The molecule has 0 N–H and O–H groups in total. The van der Waals surface area contributed by atoms with E-state index in [0.717, 1.165) is 12.1 Å². The molecule has 2 aromatic carbocycles. The van der Waals surface area contributed by atoms with Crippen LogP contribution in [0.15, 0.2) is 60.7 Å². The first-order chi connectivity index (χ1) is 12.6. The highest BCUT2D eigenvalue weighted by atomic mass is 32.2. The van der Waals surface area contributed by atoms with Gasteiger partial charge in [-0.05, 0) is 23.2 Å². The predicted molar refractivity (Wildman–Crippen MR) is 120 cm³/mol. The third-order valence-electron chi connectivity index (χ3n) is 4.03. The summed E-state index contributed by atoms with van der Waals surface area (Å²) in [6.07, 6.45) is 0. The molecule has 27 heavy (non-hydrogen) atoms. The zero-order valence-electron chi connectivity index (χ0n) is 16.4. The maximum atomic E-state index is 12.3. The minimum absolute atomic E-state index is 0.831. The standard InChI is InChI=1S/C22H26O2SSi2/c1-26(2,19-21-11-7-5-8-12-21)17-15-25(23,24)16-18-27(3,4)20-22-13-9-6-10-14-22/h5-14H,19-20H2,1-4H3. The van der Waals surface area contributed by atoms with Gasteiger partial charge in [-0.3, -0.25) is 0 Å². The molecule has 0 unspecified atom stereocenters. The van der Waals surface area contributed by atoms with Gasteiger partial charge in [0.2, 0.25) is 0 Å². The lowest BCUT2D eigenvalue weighted by Crippen LogP contribution is -2.28. The van der Waals surface area contributed by atoms with Gasteiger partial charge in [-0.2, -0.15) is 0 Å². The average molecular weight is 411 g/mol. The third kappa shape index (κ3) is 8.01. The second-order valence-electron chi connectivity index (χ2n) is 8.05. The zero-order chi connectivity index (χ0) is 20.0. The van der Waals surface area contributed by atoms with E-state index < -0.39 is 26.0 Å². The van der Waals surface area contributed by atoms with E-state index in [1.807, 2.05) is 36.4 Å². The van der Waals surface area contributed by atoms with Crippen LogP contribution in [0.25, 0.3) is 0 Å². The molecule has 5 heteroatoms. The topological polar surface area (TPSA) is 34.1 Å². The molecule has 2 aromatic rings. The Labute approximate surface area is 166 Å². The van der Waals surface area contributed by atoms with Gasteiger partial charge in [0.25, 0.3) is 9.84 Å². The SMILES string of the molecule is C[Si](C)(C#CS(=O)(=O)C#C[Si](C)(C)Cc1ccccc1)Cc1ccccc1. The van der Waals surface area contributed by atoms with Crippen molar-refractivity contribution in [2.75, 3.05) is 0 Å². The minimum Gasteiger partial charge on any atom is -0.202 e. The van der Waals surface area contributed by atoms with Crippen molar-refractivity contribution in [1.29, 1.82) is 0 Å². The molecular weight excluding hydrogens is 384 g/mol. The van der Waals surface area contributed by atoms with Crippen LogP contribution in [0.1, 0.15) is 11.1 Å². The van der Waals surface area contributed by atoms with Crippen LogP contribution >= 0.6 is 0 Å². The van der Waals surface area contributed by atoms with Crippen molar-refractivity contribution in [3.05, 3.63) is 71.8 Å². The second-order valence-corrected chi connectivity index (χ2v) is 18.2. The summed E-state index contributed by atoms with van der Waals surface area (Å²) < 4.78 is 24.7. The van der Waals surface area contributed by atoms with E-state index in [9.17, 15) is 8.42 Å². The number of benzene rings is 2. The fourth-order valence-corrected chi connectivity index (χ4v) is 8.76. The summed E-state index contributed by atoms with van der Waals surface area (Å²) in [5, 5.41) is 4.98. The molecule has 0 bridgehead atoms. The van der Waals surface area contributed by atoms with E-state index in [0.29, 0.717) is 0 Å². The first-order valence-electron chi connectivity index (χ1n) is 8.98. The van der Waals surface area contributed by atoms with Crippen molar-refractivity contribution < 1.29 is 8.42 Å². The highest BCUT2D eigenvalue weighted by Crippen LogP contribution is 2.12. The summed E-state index contributed by atoms with van der Waals surface area (Å²) in [5.74, 6) is 0. The lowest BCUT2D eigenvalue weighted by molar-refractivity contribution is 0.615. The molecule has 0 atom stereocenters. The fraction of sp³-hybridized carbons (Fsp3) is 0.273. The van der Waals surface area contributed by atoms with Crippen LogP contribution in [0, 0.1) is 21.6 Å². The lowest BCUT2D eigenvalue weighted by Gasteiger charge is -2.14. The van der Waals surface area contributed by atoms with Gasteiger partial charge in [-0.1, -0.05) is 86.9 Å². The molecule has 0 heterocycles. The first kappa shape index (κ1) is 21.2. The summed E-state index contributed by atoms with van der Waals surface area (Å²) in [4.78, 5) is 0. The molecule has 0 aromatic heterocycles. The molecule has 0 aliphatic rings. The Bertz CT molecular complexity index is 911.